The summed E-state index contributed by atoms with van der Waals surface area (Å²) in [6, 6.07) is 5.37. The molecule has 6 nitrogen and oxygen atoms in total. The predicted octanol–water partition coefficient (Wildman–Crippen LogP) is 3.66. The SMILES string of the molecule is CCCCCCCC(O)CCC(=O)N/N=C/c1ccc(OC)c(OC)c1. The van der Waals surface area contributed by atoms with Gasteiger partial charge in [0.05, 0.1) is 26.5 Å². The summed E-state index contributed by atoms with van der Waals surface area (Å²) in [5.74, 6) is 1.04. The van der Waals surface area contributed by atoms with Crippen molar-refractivity contribution in [2.24, 2.45) is 5.10 Å². The number of hydrazone groups is 1. The van der Waals surface area contributed by atoms with Gasteiger partial charge in [-0.25, -0.2) is 5.43 Å². The van der Waals surface area contributed by atoms with Crippen LogP contribution >= 0.6 is 0 Å². The first kappa shape index (κ1) is 22.0. The fraction of sp³-hybridized carbons (Fsp3) is 0.600. The van der Waals surface area contributed by atoms with E-state index < -0.39 is 6.10 Å². The van der Waals surface area contributed by atoms with E-state index in [-0.39, 0.29) is 12.3 Å². The van der Waals surface area contributed by atoms with Crippen LogP contribution in [0, 0.1) is 0 Å². The van der Waals surface area contributed by atoms with Gasteiger partial charge < -0.3 is 14.6 Å². The van der Waals surface area contributed by atoms with E-state index in [1.807, 2.05) is 6.07 Å². The Balaban J connectivity index is 2.28. The average molecular weight is 364 g/mol. The number of ether oxygens (including phenoxy) is 2. The van der Waals surface area contributed by atoms with Gasteiger partial charge in [-0.3, -0.25) is 4.79 Å². The molecule has 0 saturated heterocycles. The molecule has 0 heterocycles. The molecule has 26 heavy (non-hydrogen) atoms. The molecule has 0 fully saturated rings. The van der Waals surface area contributed by atoms with Crippen LogP contribution < -0.4 is 14.9 Å². The van der Waals surface area contributed by atoms with Crippen molar-refractivity contribution in [2.45, 2.75) is 64.4 Å². The topological polar surface area (TPSA) is 80.2 Å². The Morgan fingerprint density at radius 3 is 2.58 bits per heavy atom. The molecule has 0 spiro atoms. The number of hydrogen-bond donors (Lipinski definition) is 2. The van der Waals surface area contributed by atoms with Crippen LogP contribution in [0.4, 0.5) is 0 Å². The number of methoxy groups -OCH3 is 2. The van der Waals surface area contributed by atoms with Crippen LogP contribution in [-0.2, 0) is 4.79 Å². The van der Waals surface area contributed by atoms with Gasteiger partial charge in [-0.05, 0) is 36.6 Å². The molecule has 1 aromatic carbocycles. The van der Waals surface area contributed by atoms with Gasteiger partial charge in [0.25, 0.3) is 0 Å². The Labute approximate surface area is 156 Å². The molecule has 1 aromatic rings. The highest BCUT2D eigenvalue weighted by Crippen LogP contribution is 2.26. The van der Waals surface area contributed by atoms with Crippen molar-refractivity contribution < 1.29 is 19.4 Å². The Morgan fingerprint density at radius 2 is 1.88 bits per heavy atom. The van der Waals surface area contributed by atoms with Gasteiger partial charge in [-0.1, -0.05) is 39.0 Å². The monoisotopic (exact) mass is 364 g/mol. The highest BCUT2D eigenvalue weighted by Gasteiger charge is 2.08. The summed E-state index contributed by atoms with van der Waals surface area (Å²) >= 11 is 0. The molecule has 1 atom stereocenters. The first-order chi connectivity index (χ1) is 12.6. The highest BCUT2D eigenvalue weighted by molar-refractivity contribution is 5.83. The summed E-state index contributed by atoms with van der Waals surface area (Å²) < 4.78 is 10.4. The number of rotatable bonds is 13. The summed E-state index contributed by atoms with van der Waals surface area (Å²) in [6.45, 7) is 2.18. The fourth-order valence-electron chi connectivity index (χ4n) is 2.59. The summed E-state index contributed by atoms with van der Waals surface area (Å²) in [6.07, 6.45) is 8.45. The van der Waals surface area contributed by atoms with Crippen molar-refractivity contribution in [1.29, 1.82) is 0 Å². The number of nitrogens with zero attached hydrogens (tertiary/aromatic N) is 1. The van der Waals surface area contributed by atoms with Gasteiger partial charge in [0.2, 0.25) is 5.91 Å². The lowest BCUT2D eigenvalue weighted by Gasteiger charge is -2.09. The Morgan fingerprint density at radius 1 is 1.15 bits per heavy atom. The van der Waals surface area contributed by atoms with E-state index in [0.29, 0.717) is 17.9 Å². The third-order valence-electron chi connectivity index (χ3n) is 4.16. The second-order valence-corrected chi connectivity index (χ2v) is 6.30. The van der Waals surface area contributed by atoms with Gasteiger partial charge in [-0.15, -0.1) is 0 Å². The summed E-state index contributed by atoms with van der Waals surface area (Å²) in [5.41, 5.74) is 3.27. The highest BCUT2D eigenvalue weighted by atomic mass is 16.5. The lowest BCUT2D eigenvalue weighted by atomic mass is 10.0. The lowest BCUT2D eigenvalue weighted by molar-refractivity contribution is -0.121. The smallest absolute Gasteiger partial charge is 0.240 e. The Kier molecular flexibility index (Phi) is 11.1. The van der Waals surface area contributed by atoms with E-state index in [2.05, 4.69) is 17.5 Å². The molecule has 0 aliphatic rings. The van der Waals surface area contributed by atoms with Gasteiger partial charge in [0.1, 0.15) is 0 Å². The zero-order valence-electron chi connectivity index (χ0n) is 16.2. The zero-order chi connectivity index (χ0) is 19.2. The molecule has 0 aromatic heterocycles. The number of nitrogens with one attached hydrogen (secondary N) is 1. The van der Waals surface area contributed by atoms with E-state index in [9.17, 15) is 9.90 Å². The third kappa shape index (κ3) is 8.85. The second-order valence-electron chi connectivity index (χ2n) is 6.30. The molecule has 2 N–H and O–H groups in total. The van der Waals surface area contributed by atoms with Gasteiger partial charge >= 0.3 is 0 Å². The maximum atomic E-state index is 11.8. The van der Waals surface area contributed by atoms with Crippen molar-refractivity contribution >= 4 is 12.1 Å². The number of aliphatic hydroxyl groups excluding tert-OH is 1. The van der Waals surface area contributed by atoms with Crippen molar-refractivity contribution in [3.05, 3.63) is 23.8 Å². The largest absolute Gasteiger partial charge is 0.493 e. The number of carbonyl (C=O) groups excluding carboxylic acids is 1. The lowest BCUT2D eigenvalue weighted by Crippen LogP contribution is -2.19. The molecule has 6 heteroatoms. The normalized spacial score (nSPS) is 12.2. The summed E-state index contributed by atoms with van der Waals surface area (Å²) in [4.78, 5) is 11.8. The van der Waals surface area contributed by atoms with Gasteiger partial charge in [0.15, 0.2) is 11.5 Å². The first-order valence-electron chi connectivity index (χ1n) is 9.32. The standard InChI is InChI=1S/C20H32N2O4/c1-4-5-6-7-8-9-17(23)11-13-20(24)22-21-15-16-10-12-18(25-2)19(14-16)26-3/h10,12,14-15,17,23H,4-9,11,13H2,1-3H3,(H,22,24)/b21-15+. The average Bonchev–Trinajstić information content (AvgIpc) is 2.66. The van der Waals surface area contributed by atoms with Crippen LogP contribution in [0.15, 0.2) is 23.3 Å². The molecule has 0 bridgehead atoms. The number of aliphatic hydroxyl groups is 1. The van der Waals surface area contributed by atoms with Gasteiger partial charge in [0, 0.05) is 6.42 Å². The molecule has 146 valence electrons. The fourth-order valence-corrected chi connectivity index (χ4v) is 2.59. The number of benzene rings is 1. The van der Waals surface area contributed by atoms with Crippen LogP contribution in [0.1, 0.15) is 63.9 Å². The second kappa shape index (κ2) is 13.2. The number of carbonyl (C=O) groups is 1. The molecular formula is C20H32N2O4. The summed E-state index contributed by atoms with van der Waals surface area (Å²) in [7, 11) is 3.14. The summed E-state index contributed by atoms with van der Waals surface area (Å²) in [5, 5.41) is 13.9. The number of unbranched alkanes of at least 4 members (excludes halogenated alkanes) is 4. The molecule has 1 rings (SSSR count). The maximum Gasteiger partial charge on any atom is 0.240 e. The minimum Gasteiger partial charge on any atom is -0.493 e. The number of amides is 1. The minimum absolute atomic E-state index is 0.202. The Bertz CT molecular complexity index is 561. The van der Waals surface area contributed by atoms with Crippen molar-refractivity contribution in [3.8, 4) is 11.5 Å². The van der Waals surface area contributed by atoms with Crippen LogP contribution in [0.25, 0.3) is 0 Å². The number of hydrogen-bond acceptors (Lipinski definition) is 5. The van der Waals surface area contributed by atoms with E-state index in [4.69, 9.17) is 9.47 Å². The Hall–Kier alpha value is -2.08. The molecule has 1 amide bonds. The van der Waals surface area contributed by atoms with Crippen LogP contribution in [0.5, 0.6) is 11.5 Å². The van der Waals surface area contributed by atoms with Crippen LogP contribution in [0.3, 0.4) is 0 Å². The molecule has 1 unspecified atom stereocenters. The molecule has 0 saturated carbocycles. The minimum atomic E-state index is -0.419. The zero-order valence-corrected chi connectivity index (χ0v) is 16.2. The molecule has 0 aliphatic carbocycles. The van der Waals surface area contributed by atoms with E-state index >= 15 is 0 Å². The third-order valence-corrected chi connectivity index (χ3v) is 4.16. The van der Waals surface area contributed by atoms with Crippen LogP contribution in [-0.4, -0.2) is 37.6 Å². The van der Waals surface area contributed by atoms with Crippen molar-refractivity contribution in [2.75, 3.05) is 14.2 Å². The van der Waals surface area contributed by atoms with Crippen molar-refractivity contribution in [3.63, 3.8) is 0 Å². The van der Waals surface area contributed by atoms with E-state index in [1.165, 1.54) is 19.3 Å². The predicted molar refractivity (Wildman–Crippen MR) is 104 cm³/mol. The molecule has 0 radical (unpaired) electrons. The molecule has 0 aliphatic heterocycles. The maximum absolute atomic E-state index is 11.8. The van der Waals surface area contributed by atoms with E-state index in [0.717, 1.165) is 24.8 Å². The van der Waals surface area contributed by atoms with Gasteiger partial charge in [-0.2, -0.15) is 5.10 Å². The molecular weight excluding hydrogens is 332 g/mol. The van der Waals surface area contributed by atoms with E-state index in [1.54, 1.807) is 32.6 Å². The van der Waals surface area contributed by atoms with Crippen LogP contribution in [0.2, 0.25) is 0 Å². The van der Waals surface area contributed by atoms with Crippen molar-refractivity contribution in [1.82, 2.24) is 5.43 Å². The first-order valence-corrected chi connectivity index (χ1v) is 9.32. The quantitative estimate of drug-likeness (QED) is 0.318.